The maximum absolute atomic E-state index is 5.34. The lowest BCUT2D eigenvalue weighted by atomic mass is 10.1. The van der Waals surface area contributed by atoms with Crippen molar-refractivity contribution in [2.75, 3.05) is 14.2 Å². The van der Waals surface area contributed by atoms with Crippen LogP contribution in [0.2, 0.25) is 0 Å². The summed E-state index contributed by atoms with van der Waals surface area (Å²) in [6, 6.07) is 5.91. The Kier molecular flexibility index (Phi) is 3.98. The third-order valence-corrected chi connectivity index (χ3v) is 4.28. The van der Waals surface area contributed by atoms with Crippen molar-refractivity contribution in [1.82, 2.24) is 19.8 Å². The van der Waals surface area contributed by atoms with Gasteiger partial charge in [-0.25, -0.2) is 0 Å². The summed E-state index contributed by atoms with van der Waals surface area (Å²) in [6.07, 6.45) is 0.728. The zero-order valence-electron chi connectivity index (χ0n) is 13.0. The number of ether oxygens (including phenoxy) is 2. The predicted octanol–water partition coefficient (Wildman–Crippen LogP) is 2.92. The highest BCUT2D eigenvalue weighted by molar-refractivity contribution is 7.16. The molecule has 0 saturated heterocycles. The summed E-state index contributed by atoms with van der Waals surface area (Å²) < 4.78 is 12.4. The third kappa shape index (κ3) is 2.64. The lowest BCUT2D eigenvalue weighted by molar-refractivity contribution is 0.354. The zero-order chi connectivity index (χ0) is 15.7. The van der Waals surface area contributed by atoms with Crippen LogP contribution in [0, 0.1) is 0 Å². The van der Waals surface area contributed by atoms with E-state index in [0.29, 0.717) is 5.92 Å². The minimum atomic E-state index is 0.297. The van der Waals surface area contributed by atoms with Gasteiger partial charge in [0.2, 0.25) is 4.96 Å². The second-order valence-corrected chi connectivity index (χ2v) is 6.31. The normalized spacial score (nSPS) is 11.3. The van der Waals surface area contributed by atoms with Gasteiger partial charge in [0.25, 0.3) is 0 Å². The Morgan fingerprint density at radius 1 is 1.14 bits per heavy atom. The second-order valence-electron chi connectivity index (χ2n) is 5.27. The topological polar surface area (TPSA) is 61.5 Å². The minimum absolute atomic E-state index is 0.297. The Balaban J connectivity index is 1.89. The first-order chi connectivity index (χ1) is 10.6. The van der Waals surface area contributed by atoms with Crippen molar-refractivity contribution < 1.29 is 9.47 Å². The van der Waals surface area contributed by atoms with Gasteiger partial charge in [-0.3, -0.25) is 0 Å². The molecule has 0 aliphatic rings. The van der Waals surface area contributed by atoms with E-state index >= 15 is 0 Å². The van der Waals surface area contributed by atoms with Gasteiger partial charge < -0.3 is 9.47 Å². The molecule has 3 aromatic rings. The van der Waals surface area contributed by atoms with Crippen LogP contribution in [-0.4, -0.2) is 34.0 Å². The van der Waals surface area contributed by atoms with Crippen molar-refractivity contribution >= 4 is 16.3 Å². The largest absolute Gasteiger partial charge is 0.493 e. The molecule has 116 valence electrons. The fourth-order valence-corrected chi connectivity index (χ4v) is 3.14. The summed E-state index contributed by atoms with van der Waals surface area (Å²) in [5, 5.41) is 14.0. The first kappa shape index (κ1) is 14.8. The molecule has 3 rings (SSSR count). The Morgan fingerprint density at radius 3 is 2.59 bits per heavy atom. The number of fused-ring (bicyclic) bond motifs is 1. The minimum Gasteiger partial charge on any atom is -0.493 e. The molecule has 0 N–H and O–H groups in total. The van der Waals surface area contributed by atoms with Crippen LogP contribution in [0.3, 0.4) is 0 Å². The predicted molar refractivity (Wildman–Crippen MR) is 85.1 cm³/mol. The van der Waals surface area contributed by atoms with Crippen molar-refractivity contribution in [3.8, 4) is 11.5 Å². The quantitative estimate of drug-likeness (QED) is 0.724. The molecule has 0 aliphatic carbocycles. The lowest BCUT2D eigenvalue weighted by Crippen LogP contribution is -1.99. The van der Waals surface area contributed by atoms with Gasteiger partial charge in [-0.1, -0.05) is 31.3 Å². The van der Waals surface area contributed by atoms with E-state index in [9.17, 15) is 0 Å². The van der Waals surface area contributed by atoms with Crippen molar-refractivity contribution in [3.63, 3.8) is 0 Å². The average Bonchev–Trinajstić information content (AvgIpc) is 3.06. The number of benzene rings is 1. The van der Waals surface area contributed by atoms with E-state index in [1.54, 1.807) is 25.6 Å². The van der Waals surface area contributed by atoms with E-state index in [1.165, 1.54) is 0 Å². The van der Waals surface area contributed by atoms with Gasteiger partial charge in [-0.2, -0.15) is 9.61 Å². The standard InChI is InChI=1S/C15H18N4O2S/c1-9(2)14-16-17-15-19(14)18-13(22-15)8-10-5-6-11(20-3)12(7-10)21-4/h5-7,9H,8H2,1-4H3. The van der Waals surface area contributed by atoms with Gasteiger partial charge >= 0.3 is 0 Å². The molecule has 0 amide bonds. The highest BCUT2D eigenvalue weighted by Crippen LogP contribution is 2.29. The van der Waals surface area contributed by atoms with Crippen LogP contribution in [0.25, 0.3) is 4.96 Å². The number of nitrogens with zero attached hydrogens (tertiary/aromatic N) is 4. The molecule has 0 bridgehead atoms. The van der Waals surface area contributed by atoms with Crippen molar-refractivity contribution in [2.24, 2.45) is 0 Å². The smallest absolute Gasteiger partial charge is 0.234 e. The Labute approximate surface area is 132 Å². The van der Waals surface area contributed by atoms with E-state index in [4.69, 9.17) is 9.47 Å². The van der Waals surface area contributed by atoms with Gasteiger partial charge in [0.05, 0.1) is 14.2 Å². The Morgan fingerprint density at radius 2 is 1.91 bits per heavy atom. The molecule has 22 heavy (non-hydrogen) atoms. The first-order valence-electron chi connectivity index (χ1n) is 7.04. The van der Waals surface area contributed by atoms with E-state index in [1.807, 2.05) is 22.7 Å². The lowest BCUT2D eigenvalue weighted by Gasteiger charge is -2.08. The van der Waals surface area contributed by atoms with Crippen LogP contribution < -0.4 is 9.47 Å². The molecule has 0 atom stereocenters. The molecule has 1 aromatic carbocycles. The molecular formula is C15H18N4O2S. The molecule has 0 unspecified atom stereocenters. The number of hydrogen-bond acceptors (Lipinski definition) is 6. The summed E-state index contributed by atoms with van der Waals surface area (Å²) in [7, 11) is 3.27. The molecule has 2 heterocycles. The Hall–Kier alpha value is -2.15. The summed E-state index contributed by atoms with van der Waals surface area (Å²) >= 11 is 1.56. The summed E-state index contributed by atoms with van der Waals surface area (Å²) in [5.74, 6) is 2.65. The Bertz CT molecular complexity index is 794. The SMILES string of the molecule is COc1ccc(Cc2nn3c(C(C)C)nnc3s2)cc1OC. The third-order valence-electron chi connectivity index (χ3n) is 3.38. The highest BCUT2D eigenvalue weighted by atomic mass is 32.1. The van der Waals surface area contributed by atoms with E-state index in [2.05, 4.69) is 29.1 Å². The molecule has 7 heteroatoms. The van der Waals surface area contributed by atoms with Crippen LogP contribution in [0.5, 0.6) is 11.5 Å². The molecule has 0 fully saturated rings. The fraction of sp³-hybridized carbons (Fsp3) is 0.400. The van der Waals surface area contributed by atoms with Gasteiger partial charge in [0.1, 0.15) is 5.01 Å². The summed E-state index contributed by atoms with van der Waals surface area (Å²) in [6.45, 7) is 4.17. The van der Waals surface area contributed by atoms with Crippen molar-refractivity contribution in [3.05, 3.63) is 34.6 Å². The van der Waals surface area contributed by atoms with E-state index in [-0.39, 0.29) is 0 Å². The summed E-state index contributed by atoms with van der Waals surface area (Å²) in [4.78, 5) is 0.833. The van der Waals surface area contributed by atoms with Crippen LogP contribution in [0.1, 0.15) is 36.2 Å². The summed E-state index contributed by atoms with van der Waals surface area (Å²) in [5.41, 5.74) is 1.12. The van der Waals surface area contributed by atoms with Crippen LogP contribution in [0.15, 0.2) is 18.2 Å². The molecular weight excluding hydrogens is 300 g/mol. The second kappa shape index (κ2) is 5.92. The molecule has 2 aromatic heterocycles. The van der Waals surface area contributed by atoms with Crippen LogP contribution in [0.4, 0.5) is 0 Å². The van der Waals surface area contributed by atoms with Crippen molar-refractivity contribution in [1.29, 1.82) is 0 Å². The molecule has 0 radical (unpaired) electrons. The number of aromatic nitrogens is 4. The molecule has 0 saturated carbocycles. The van der Waals surface area contributed by atoms with Crippen LogP contribution >= 0.6 is 11.3 Å². The van der Waals surface area contributed by atoms with Crippen LogP contribution in [-0.2, 0) is 6.42 Å². The average molecular weight is 318 g/mol. The first-order valence-corrected chi connectivity index (χ1v) is 7.86. The van der Waals surface area contributed by atoms with Gasteiger partial charge in [0.15, 0.2) is 17.3 Å². The van der Waals surface area contributed by atoms with Gasteiger partial charge in [0, 0.05) is 12.3 Å². The molecule has 6 nitrogen and oxygen atoms in total. The monoisotopic (exact) mass is 318 g/mol. The maximum atomic E-state index is 5.34. The number of hydrogen-bond donors (Lipinski definition) is 0. The number of methoxy groups -OCH3 is 2. The van der Waals surface area contributed by atoms with E-state index < -0.39 is 0 Å². The van der Waals surface area contributed by atoms with E-state index in [0.717, 1.165) is 39.3 Å². The maximum Gasteiger partial charge on any atom is 0.234 e. The van der Waals surface area contributed by atoms with Crippen molar-refractivity contribution in [2.45, 2.75) is 26.2 Å². The fourth-order valence-electron chi connectivity index (χ4n) is 2.27. The number of rotatable bonds is 5. The van der Waals surface area contributed by atoms with Gasteiger partial charge in [-0.05, 0) is 17.7 Å². The molecule has 0 spiro atoms. The zero-order valence-corrected chi connectivity index (χ0v) is 13.8. The highest BCUT2D eigenvalue weighted by Gasteiger charge is 2.15. The van der Waals surface area contributed by atoms with Gasteiger partial charge in [-0.15, -0.1) is 10.2 Å². The molecule has 0 aliphatic heterocycles.